The second kappa shape index (κ2) is 10.4. The summed E-state index contributed by atoms with van der Waals surface area (Å²) in [7, 11) is 0. The summed E-state index contributed by atoms with van der Waals surface area (Å²) in [5.74, 6) is -0.302. The van der Waals surface area contributed by atoms with Crippen LogP contribution in [0.25, 0.3) is 10.9 Å². The Hall–Kier alpha value is -2.81. The highest BCUT2D eigenvalue weighted by Crippen LogP contribution is 2.19. The molecule has 6 nitrogen and oxygen atoms in total. The van der Waals surface area contributed by atoms with Crippen LogP contribution in [-0.2, 0) is 11.3 Å². The van der Waals surface area contributed by atoms with E-state index < -0.39 is 0 Å². The van der Waals surface area contributed by atoms with Crippen molar-refractivity contribution in [3.63, 3.8) is 0 Å². The van der Waals surface area contributed by atoms with Crippen LogP contribution in [0.15, 0.2) is 47.3 Å². The third-order valence-electron chi connectivity index (χ3n) is 5.92. The van der Waals surface area contributed by atoms with Gasteiger partial charge in [0.2, 0.25) is 0 Å². The van der Waals surface area contributed by atoms with E-state index in [1.54, 1.807) is 12.1 Å². The molecule has 0 unspecified atom stereocenters. The number of ether oxygens (including phenoxy) is 1. The van der Waals surface area contributed by atoms with Gasteiger partial charge < -0.3 is 19.9 Å². The Bertz CT molecular complexity index is 1190. The van der Waals surface area contributed by atoms with E-state index in [2.05, 4.69) is 21.3 Å². The Labute approximate surface area is 198 Å². The lowest BCUT2D eigenvalue weighted by atomic mass is 10.0. The number of rotatable bonds is 6. The molecule has 0 amide bonds. The SMILES string of the molecule is Cc1cc(C)c2cc(CN(CCN3CCOCC3)C(=S)Nc3ccc(F)cc3)c(=O)[nH]c2c1. The van der Waals surface area contributed by atoms with Crippen molar-refractivity contribution in [3.05, 3.63) is 75.3 Å². The molecule has 3 aromatic rings. The molecule has 0 bridgehead atoms. The molecule has 2 N–H and O–H groups in total. The molecule has 0 aliphatic carbocycles. The number of H-pyrrole nitrogens is 1. The summed E-state index contributed by atoms with van der Waals surface area (Å²) in [5.41, 5.74) is 4.31. The van der Waals surface area contributed by atoms with Crippen molar-refractivity contribution in [2.24, 2.45) is 0 Å². The van der Waals surface area contributed by atoms with Gasteiger partial charge in [0.1, 0.15) is 5.82 Å². The quantitative estimate of drug-likeness (QED) is 0.537. The number of hydrogen-bond acceptors (Lipinski definition) is 4. The lowest BCUT2D eigenvalue weighted by Crippen LogP contribution is -2.44. The summed E-state index contributed by atoms with van der Waals surface area (Å²) in [4.78, 5) is 20.3. The smallest absolute Gasteiger partial charge is 0.253 e. The first-order chi connectivity index (χ1) is 15.9. The molecular formula is C25H29FN4O2S. The van der Waals surface area contributed by atoms with Gasteiger partial charge in [-0.05, 0) is 73.6 Å². The van der Waals surface area contributed by atoms with E-state index in [9.17, 15) is 9.18 Å². The molecule has 1 fully saturated rings. The van der Waals surface area contributed by atoms with Crippen molar-refractivity contribution >= 4 is 33.9 Å². The maximum absolute atomic E-state index is 13.3. The zero-order valence-corrected chi connectivity index (χ0v) is 19.8. The summed E-state index contributed by atoms with van der Waals surface area (Å²) >= 11 is 5.70. The number of aryl methyl sites for hydroxylation is 2. The van der Waals surface area contributed by atoms with Crippen LogP contribution in [0.5, 0.6) is 0 Å². The summed E-state index contributed by atoms with van der Waals surface area (Å²) in [6.45, 7) is 9.09. The third kappa shape index (κ3) is 5.96. The van der Waals surface area contributed by atoms with Gasteiger partial charge in [0.05, 0.1) is 19.8 Å². The van der Waals surface area contributed by atoms with Crippen LogP contribution in [-0.4, -0.2) is 59.3 Å². The average Bonchev–Trinajstić information content (AvgIpc) is 2.79. The Morgan fingerprint density at radius 3 is 2.64 bits per heavy atom. The van der Waals surface area contributed by atoms with Crippen molar-refractivity contribution in [2.75, 3.05) is 44.7 Å². The zero-order valence-electron chi connectivity index (χ0n) is 19.0. The van der Waals surface area contributed by atoms with Gasteiger partial charge in [-0.1, -0.05) is 6.07 Å². The number of aromatic amines is 1. The second-order valence-corrected chi connectivity index (χ2v) is 8.87. The molecule has 174 valence electrons. The minimum absolute atomic E-state index is 0.117. The first kappa shape index (κ1) is 23.4. The van der Waals surface area contributed by atoms with Gasteiger partial charge in [0.15, 0.2) is 5.11 Å². The van der Waals surface area contributed by atoms with Crippen molar-refractivity contribution < 1.29 is 9.13 Å². The fourth-order valence-electron chi connectivity index (χ4n) is 4.11. The van der Waals surface area contributed by atoms with Crippen molar-refractivity contribution in [3.8, 4) is 0 Å². The van der Waals surface area contributed by atoms with Crippen LogP contribution >= 0.6 is 12.2 Å². The highest BCUT2D eigenvalue weighted by Gasteiger charge is 2.17. The highest BCUT2D eigenvalue weighted by molar-refractivity contribution is 7.80. The summed E-state index contributed by atoms with van der Waals surface area (Å²) in [6.07, 6.45) is 0. The maximum atomic E-state index is 13.3. The monoisotopic (exact) mass is 468 g/mol. The average molecular weight is 469 g/mol. The lowest BCUT2D eigenvalue weighted by Gasteiger charge is -2.31. The molecule has 2 aromatic carbocycles. The van der Waals surface area contributed by atoms with E-state index in [-0.39, 0.29) is 11.4 Å². The number of halogens is 1. The molecule has 33 heavy (non-hydrogen) atoms. The number of anilines is 1. The van der Waals surface area contributed by atoms with E-state index >= 15 is 0 Å². The molecule has 1 aliphatic rings. The molecule has 1 aliphatic heterocycles. The summed E-state index contributed by atoms with van der Waals surface area (Å²) in [6, 6.07) is 12.1. The van der Waals surface area contributed by atoms with Crippen molar-refractivity contribution in [1.29, 1.82) is 0 Å². The molecule has 4 rings (SSSR count). The molecule has 0 radical (unpaired) electrons. The summed E-state index contributed by atoms with van der Waals surface area (Å²) in [5, 5.41) is 4.71. The maximum Gasteiger partial charge on any atom is 0.253 e. The lowest BCUT2D eigenvalue weighted by molar-refractivity contribution is 0.0358. The Morgan fingerprint density at radius 2 is 1.91 bits per heavy atom. The van der Waals surface area contributed by atoms with E-state index in [1.165, 1.54) is 12.1 Å². The zero-order chi connectivity index (χ0) is 23.4. The highest BCUT2D eigenvalue weighted by atomic mass is 32.1. The molecule has 1 aromatic heterocycles. The van der Waals surface area contributed by atoms with Crippen LogP contribution in [0.2, 0.25) is 0 Å². The van der Waals surface area contributed by atoms with Gasteiger partial charge >= 0.3 is 0 Å². The second-order valence-electron chi connectivity index (χ2n) is 8.48. The van der Waals surface area contributed by atoms with Crippen LogP contribution in [0, 0.1) is 19.7 Å². The molecule has 2 heterocycles. The van der Waals surface area contributed by atoms with Gasteiger partial charge in [-0.3, -0.25) is 9.69 Å². The van der Waals surface area contributed by atoms with E-state index in [1.807, 2.05) is 30.9 Å². The number of aromatic nitrogens is 1. The van der Waals surface area contributed by atoms with E-state index in [0.29, 0.717) is 29.5 Å². The number of nitrogens with one attached hydrogen (secondary N) is 2. The normalized spacial score (nSPS) is 14.4. The van der Waals surface area contributed by atoms with Gasteiger partial charge in [0.25, 0.3) is 5.56 Å². The number of benzene rings is 2. The minimum atomic E-state index is -0.302. The van der Waals surface area contributed by atoms with Gasteiger partial charge in [-0.25, -0.2) is 4.39 Å². The molecular weight excluding hydrogens is 439 g/mol. The molecule has 1 saturated heterocycles. The fourth-order valence-corrected chi connectivity index (χ4v) is 4.39. The molecule has 8 heteroatoms. The number of thiocarbonyl (C=S) groups is 1. The third-order valence-corrected chi connectivity index (χ3v) is 6.28. The van der Waals surface area contributed by atoms with Crippen molar-refractivity contribution in [1.82, 2.24) is 14.8 Å². The topological polar surface area (TPSA) is 60.6 Å². The van der Waals surface area contributed by atoms with Crippen molar-refractivity contribution in [2.45, 2.75) is 20.4 Å². The largest absolute Gasteiger partial charge is 0.379 e. The fraction of sp³-hybridized carbons (Fsp3) is 0.360. The predicted molar refractivity (Wildman–Crippen MR) is 134 cm³/mol. The minimum Gasteiger partial charge on any atom is -0.379 e. The molecule has 0 atom stereocenters. The Morgan fingerprint density at radius 1 is 1.18 bits per heavy atom. The standard InChI is InChI=1S/C25H29FN4O2S/c1-17-13-18(2)22-15-19(24(31)28-23(22)14-17)16-30(8-7-29-9-11-32-12-10-29)25(33)27-21-5-3-20(26)4-6-21/h3-6,13-15H,7-12,16H2,1-2H3,(H,27,33)(H,28,31). The Kier molecular flexibility index (Phi) is 7.37. The Balaban J connectivity index is 1.57. The number of nitrogens with zero attached hydrogens (tertiary/aromatic N) is 2. The number of fused-ring (bicyclic) bond motifs is 1. The van der Waals surface area contributed by atoms with Gasteiger partial charge in [0, 0.05) is 48.3 Å². The number of morpholine rings is 1. The van der Waals surface area contributed by atoms with E-state index in [4.69, 9.17) is 17.0 Å². The van der Waals surface area contributed by atoms with Crippen LogP contribution < -0.4 is 10.9 Å². The van der Waals surface area contributed by atoms with Gasteiger partial charge in [-0.2, -0.15) is 0 Å². The molecule has 0 spiro atoms. The number of pyridine rings is 1. The first-order valence-corrected chi connectivity index (χ1v) is 11.5. The first-order valence-electron chi connectivity index (χ1n) is 11.1. The molecule has 0 saturated carbocycles. The predicted octanol–water partition coefficient (Wildman–Crippen LogP) is 3.82. The number of hydrogen-bond donors (Lipinski definition) is 2. The van der Waals surface area contributed by atoms with Crippen LogP contribution in [0.3, 0.4) is 0 Å². The summed E-state index contributed by atoms with van der Waals surface area (Å²) < 4.78 is 18.7. The van der Waals surface area contributed by atoms with Crippen LogP contribution in [0.4, 0.5) is 10.1 Å². The van der Waals surface area contributed by atoms with Crippen LogP contribution in [0.1, 0.15) is 16.7 Å². The van der Waals surface area contributed by atoms with E-state index in [0.717, 1.165) is 54.9 Å². The van der Waals surface area contributed by atoms with Gasteiger partial charge in [-0.15, -0.1) is 0 Å².